The third kappa shape index (κ3) is 2.66. The minimum Gasteiger partial charge on any atom is -0.480 e. The molecule has 90 valence electrons. The summed E-state index contributed by atoms with van der Waals surface area (Å²) in [4.78, 5) is 2.65. The normalized spacial score (nSPS) is 11.9. The topological polar surface area (TPSA) is 82.3 Å². The summed E-state index contributed by atoms with van der Waals surface area (Å²) >= 11 is 2.93. The van der Waals surface area contributed by atoms with Crippen molar-refractivity contribution in [2.45, 2.75) is 11.3 Å². The summed E-state index contributed by atoms with van der Waals surface area (Å²) in [6.45, 7) is 0. The molecule has 0 saturated heterocycles. The molecule has 0 bridgehead atoms. The monoisotopic (exact) mass is 316 g/mol. The van der Waals surface area contributed by atoms with Gasteiger partial charge in [0.2, 0.25) is 15.9 Å². The van der Waals surface area contributed by atoms with Crippen molar-refractivity contribution in [2.75, 3.05) is 7.11 Å². The highest BCUT2D eigenvalue weighted by molar-refractivity contribution is 9.10. The summed E-state index contributed by atoms with van der Waals surface area (Å²) in [6, 6.07) is 0.933. The van der Waals surface area contributed by atoms with Crippen LogP contribution in [0.2, 0.25) is 0 Å². The summed E-state index contributed by atoms with van der Waals surface area (Å²) in [7, 11) is -3.03. The lowest BCUT2D eigenvalue weighted by atomic mass is 10.3. The van der Waals surface area contributed by atoms with E-state index in [2.05, 4.69) is 25.7 Å². The summed E-state index contributed by atoms with van der Waals surface area (Å²) in [5.41, 5.74) is -0.928. The maximum atomic E-state index is 12.6. The molecule has 9 heteroatoms. The zero-order valence-electron chi connectivity index (χ0n) is 7.95. The summed E-state index contributed by atoms with van der Waals surface area (Å²) < 4.78 is 52.0. The molecule has 1 heterocycles. The molecule has 16 heavy (non-hydrogen) atoms. The second-order valence-corrected chi connectivity index (χ2v) is 5.09. The minimum atomic E-state index is -4.25. The lowest BCUT2D eigenvalue weighted by molar-refractivity contribution is 0.141. The first-order valence-electron chi connectivity index (χ1n) is 3.82. The molecule has 2 N–H and O–H groups in total. The molecule has 1 aromatic heterocycles. The van der Waals surface area contributed by atoms with Crippen molar-refractivity contribution in [2.24, 2.45) is 5.14 Å². The highest BCUT2D eigenvalue weighted by Crippen LogP contribution is 2.31. The molecule has 1 aromatic rings. The van der Waals surface area contributed by atoms with E-state index in [0.29, 0.717) is 0 Å². The summed E-state index contributed by atoms with van der Waals surface area (Å²) in [6.07, 6.45) is -3.06. The van der Waals surface area contributed by atoms with Gasteiger partial charge in [0, 0.05) is 0 Å². The summed E-state index contributed by atoms with van der Waals surface area (Å²) in [5, 5.41) is 4.79. The van der Waals surface area contributed by atoms with Gasteiger partial charge in [-0.25, -0.2) is 27.3 Å². The Hall–Kier alpha value is -0.800. The number of halogens is 3. The molecule has 0 radical (unpaired) electrons. The maximum Gasteiger partial charge on any atom is 0.281 e. The van der Waals surface area contributed by atoms with Crippen molar-refractivity contribution in [3.05, 3.63) is 16.2 Å². The Labute approximate surface area is 98.8 Å². The van der Waals surface area contributed by atoms with Gasteiger partial charge >= 0.3 is 0 Å². The van der Waals surface area contributed by atoms with E-state index in [-0.39, 0.29) is 10.4 Å². The van der Waals surface area contributed by atoms with Crippen LogP contribution in [0.4, 0.5) is 8.78 Å². The van der Waals surface area contributed by atoms with Gasteiger partial charge in [0.15, 0.2) is 0 Å². The molecule has 0 amide bonds. The molecule has 0 aliphatic carbocycles. The molecule has 0 atom stereocenters. The second kappa shape index (κ2) is 4.60. The number of sulfonamides is 1. The van der Waals surface area contributed by atoms with Gasteiger partial charge in [-0.3, -0.25) is 0 Å². The van der Waals surface area contributed by atoms with E-state index >= 15 is 0 Å². The molecule has 0 unspecified atom stereocenters. The van der Waals surface area contributed by atoms with Crippen molar-refractivity contribution in [1.29, 1.82) is 0 Å². The smallest absolute Gasteiger partial charge is 0.281 e. The Balaban J connectivity index is 3.55. The second-order valence-electron chi connectivity index (χ2n) is 2.71. The predicted octanol–water partition coefficient (Wildman–Crippen LogP) is 1.44. The van der Waals surface area contributed by atoms with Crippen molar-refractivity contribution < 1.29 is 21.9 Å². The molecule has 0 aliphatic rings. The minimum absolute atomic E-state index is 0.128. The number of rotatable bonds is 3. The molecule has 5 nitrogen and oxygen atoms in total. The van der Waals surface area contributed by atoms with E-state index in [1.54, 1.807) is 0 Å². The number of nitrogens with two attached hydrogens (primary N) is 1. The van der Waals surface area contributed by atoms with Crippen molar-refractivity contribution in [3.63, 3.8) is 0 Å². The van der Waals surface area contributed by atoms with Gasteiger partial charge < -0.3 is 4.74 Å². The third-order valence-corrected chi connectivity index (χ3v) is 3.15. The Morgan fingerprint density at radius 1 is 1.56 bits per heavy atom. The highest BCUT2D eigenvalue weighted by Gasteiger charge is 2.24. The molecule has 0 fully saturated rings. The van der Waals surface area contributed by atoms with Crippen LogP contribution in [0, 0.1) is 0 Å². The van der Waals surface area contributed by atoms with Crippen molar-refractivity contribution >= 4 is 26.0 Å². The maximum absolute atomic E-state index is 12.6. The average Bonchev–Trinajstić information content (AvgIpc) is 2.15. The van der Waals surface area contributed by atoms with Gasteiger partial charge in [0.1, 0.15) is 10.6 Å². The largest absolute Gasteiger partial charge is 0.480 e. The van der Waals surface area contributed by atoms with Gasteiger partial charge in [-0.05, 0) is 22.0 Å². The number of aromatic nitrogens is 1. The fourth-order valence-electron chi connectivity index (χ4n) is 0.996. The van der Waals surface area contributed by atoms with Crippen LogP contribution in [0.5, 0.6) is 5.88 Å². The Morgan fingerprint density at radius 2 is 2.12 bits per heavy atom. The number of methoxy groups -OCH3 is 1. The first kappa shape index (κ1) is 13.3. The zero-order valence-corrected chi connectivity index (χ0v) is 10.3. The number of pyridine rings is 1. The Kier molecular flexibility index (Phi) is 3.81. The van der Waals surface area contributed by atoms with E-state index < -0.39 is 27.0 Å². The van der Waals surface area contributed by atoms with Crippen LogP contribution in [0.1, 0.15) is 12.1 Å². The van der Waals surface area contributed by atoms with Crippen LogP contribution in [0.15, 0.2) is 15.4 Å². The quantitative estimate of drug-likeness (QED) is 0.914. The van der Waals surface area contributed by atoms with Crippen LogP contribution >= 0.6 is 15.9 Å². The highest BCUT2D eigenvalue weighted by atomic mass is 79.9. The number of hydrogen-bond acceptors (Lipinski definition) is 4. The van der Waals surface area contributed by atoms with Crippen LogP contribution in [0.3, 0.4) is 0 Å². The van der Waals surface area contributed by atoms with Crippen molar-refractivity contribution in [1.82, 2.24) is 4.98 Å². The number of ether oxygens (including phenoxy) is 1. The number of hydrogen-bond donors (Lipinski definition) is 1. The number of alkyl halides is 2. The molecule has 1 rings (SSSR count). The van der Waals surface area contributed by atoms with Crippen LogP contribution in [-0.4, -0.2) is 20.5 Å². The first-order valence-corrected chi connectivity index (χ1v) is 6.16. The lowest BCUT2D eigenvalue weighted by Gasteiger charge is -2.09. The van der Waals surface area contributed by atoms with Gasteiger partial charge in [-0.15, -0.1) is 0 Å². The summed E-state index contributed by atoms with van der Waals surface area (Å²) in [5.74, 6) is -0.136. The number of nitrogens with zero attached hydrogens (tertiary/aromatic N) is 1. The molecule has 0 aliphatic heterocycles. The predicted molar refractivity (Wildman–Crippen MR) is 54.8 cm³/mol. The van der Waals surface area contributed by atoms with E-state index in [0.717, 1.165) is 6.07 Å². The molecule has 0 spiro atoms. The van der Waals surface area contributed by atoms with Crippen LogP contribution in [-0.2, 0) is 10.0 Å². The SMILES string of the molecule is COc1nc(C(F)F)c(S(N)(=O)=O)cc1Br. The molecule has 0 saturated carbocycles. The zero-order chi connectivity index (χ0) is 12.5. The average molecular weight is 317 g/mol. The van der Waals surface area contributed by atoms with Crippen molar-refractivity contribution in [3.8, 4) is 5.88 Å². The molecule has 0 aromatic carbocycles. The first-order chi connectivity index (χ1) is 7.27. The van der Waals surface area contributed by atoms with Crippen LogP contribution < -0.4 is 9.88 Å². The van der Waals surface area contributed by atoms with Gasteiger partial charge in [-0.1, -0.05) is 0 Å². The fourth-order valence-corrected chi connectivity index (χ4v) is 2.34. The van der Waals surface area contributed by atoms with Gasteiger partial charge in [0.25, 0.3) is 6.43 Å². The van der Waals surface area contributed by atoms with Gasteiger partial charge in [0.05, 0.1) is 11.6 Å². The van der Waals surface area contributed by atoms with E-state index in [4.69, 9.17) is 5.14 Å². The standard InChI is InChI=1S/C7H7BrF2N2O3S/c1-15-7-3(8)2-4(16(11,13)14)5(12-7)6(9)10/h2,6H,1H3,(H2,11,13,14). The van der Waals surface area contributed by atoms with E-state index in [1.807, 2.05) is 0 Å². The Bertz CT molecular complexity index is 507. The number of primary sulfonamides is 1. The third-order valence-electron chi connectivity index (χ3n) is 1.64. The fraction of sp³-hybridized carbons (Fsp3) is 0.286. The van der Waals surface area contributed by atoms with Gasteiger partial charge in [-0.2, -0.15) is 0 Å². The van der Waals surface area contributed by atoms with Crippen LogP contribution in [0.25, 0.3) is 0 Å². The van der Waals surface area contributed by atoms with E-state index in [9.17, 15) is 17.2 Å². The molecular formula is C7H7BrF2N2O3S. The van der Waals surface area contributed by atoms with E-state index in [1.165, 1.54) is 7.11 Å². The molecular weight excluding hydrogens is 310 g/mol. The Morgan fingerprint density at radius 3 is 2.50 bits per heavy atom. The lowest BCUT2D eigenvalue weighted by Crippen LogP contribution is -2.16.